The van der Waals surface area contributed by atoms with Gasteiger partial charge in [0.15, 0.2) is 0 Å². The number of amides is 1. The molecule has 1 amide bonds. The van der Waals surface area contributed by atoms with Crippen LogP contribution in [-0.2, 0) is 4.79 Å². The standard InChI is InChI=1S/C14H25N3O/c1-5-7-13(15)14(18)17(4)12-8-11(6-2)10(3)16-9-12/h9,11,13H,5-8,15H2,1-4H3. The van der Waals surface area contributed by atoms with E-state index in [0.717, 1.165) is 37.1 Å². The van der Waals surface area contributed by atoms with E-state index in [9.17, 15) is 4.79 Å². The van der Waals surface area contributed by atoms with Crippen LogP contribution in [0.3, 0.4) is 0 Å². The van der Waals surface area contributed by atoms with E-state index in [1.807, 2.05) is 13.8 Å². The molecule has 4 heteroatoms. The van der Waals surface area contributed by atoms with Gasteiger partial charge >= 0.3 is 0 Å². The summed E-state index contributed by atoms with van der Waals surface area (Å²) in [5.41, 5.74) is 8.00. The molecule has 0 radical (unpaired) electrons. The monoisotopic (exact) mass is 251 g/mol. The Morgan fingerprint density at radius 1 is 1.61 bits per heavy atom. The van der Waals surface area contributed by atoms with Gasteiger partial charge in [-0.3, -0.25) is 9.79 Å². The molecule has 0 fully saturated rings. The van der Waals surface area contributed by atoms with Crippen LogP contribution < -0.4 is 5.73 Å². The smallest absolute Gasteiger partial charge is 0.243 e. The molecule has 0 aromatic carbocycles. The molecule has 0 aromatic rings. The summed E-state index contributed by atoms with van der Waals surface area (Å²) in [5, 5.41) is 0. The number of allylic oxidation sites excluding steroid dienone is 1. The van der Waals surface area contributed by atoms with Gasteiger partial charge in [0.05, 0.1) is 6.04 Å². The largest absolute Gasteiger partial charge is 0.320 e. The molecule has 0 saturated heterocycles. The second-order valence-electron chi connectivity index (χ2n) is 4.99. The molecule has 18 heavy (non-hydrogen) atoms. The van der Waals surface area contributed by atoms with Crippen molar-refractivity contribution in [2.75, 3.05) is 7.05 Å². The normalized spacial score (nSPS) is 21.1. The first-order valence-corrected chi connectivity index (χ1v) is 6.77. The van der Waals surface area contributed by atoms with Crippen LogP contribution in [0.25, 0.3) is 0 Å². The van der Waals surface area contributed by atoms with Crippen LogP contribution in [0.2, 0.25) is 0 Å². The highest BCUT2D eigenvalue weighted by atomic mass is 16.2. The molecule has 2 atom stereocenters. The minimum atomic E-state index is -0.395. The van der Waals surface area contributed by atoms with Gasteiger partial charge in [0.2, 0.25) is 5.91 Å². The van der Waals surface area contributed by atoms with Crippen molar-refractivity contribution in [3.8, 4) is 0 Å². The average molecular weight is 251 g/mol. The number of nitrogens with two attached hydrogens (primary N) is 1. The zero-order valence-electron chi connectivity index (χ0n) is 11.9. The third kappa shape index (κ3) is 3.42. The lowest BCUT2D eigenvalue weighted by Crippen LogP contribution is -2.42. The number of nitrogens with zero attached hydrogens (tertiary/aromatic N) is 2. The highest BCUT2D eigenvalue weighted by Crippen LogP contribution is 2.24. The summed E-state index contributed by atoms with van der Waals surface area (Å²) in [6.07, 6.45) is 5.39. The Hall–Kier alpha value is -1.16. The van der Waals surface area contributed by atoms with Crippen molar-refractivity contribution in [1.29, 1.82) is 0 Å². The molecule has 2 N–H and O–H groups in total. The summed E-state index contributed by atoms with van der Waals surface area (Å²) in [5.74, 6) is 0.440. The quantitative estimate of drug-likeness (QED) is 0.815. The van der Waals surface area contributed by atoms with Gasteiger partial charge in [0, 0.05) is 30.6 Å². The number of rotatable bonds is 5. The van der Waals surface area contributed by atoms with Gasteiger partial charge in [-0.1, -0.05) is 20.3 Å². The SMILES string of the molecule is CCCC(N)C(=O)N(C)C1=CN=C(C)C(CC)C1. The third-order valence-electron chi connectivity index (χ3n) is 3.63. The van der Waals surface area contributed by atoms with Crippen LogP contribution in [0.5, 0.6) is 0 Å². The van der Waals surface area contributed by atoms with Crippen LogP contribution in [0.1, 0.15) is 46.5 Å². The number of aliphatic imine (C=N–C) groups is 1. The predicted octanol–water partition coefficient (Wildman–Crippen LogP) is 2.30. The van der Waals surface area contributed by atoms with Gasteiger partial charge < -0.3 is 10.6 Å². The number of hydrogen-bond acceptors (Lipinski definition) is 3. The Kier molecular flexibility index (Phi) is 5.54. The van der Waals surface area contributed by atoms with Crippen molar-refractivity contribution in [3.63, 3.8) is 0 Å². The van der Waals surface area contributed by atoms with Gasteiger partial charge in [-0.2, -0.15) is 0 Å². The maximum Gasteiger partial charge on any atom is 0.243 e. The number of hydrogen-bond donors (Lipinski definition) is 1. The molecule has 0 bridgehead atoms. The fourth-order valence-corrected chi connectivity index (χ4v) is 2.22. The zero-order chi connectivity index (χ0) is 13.7. The van der Waals surface area contributed by atoms with E-state index >= 15 is 0 Å². The lowest BCUT2D eigenvalue weighted by atomic mass is 9.93. The van der Waals surface area contributed by atoms with E-state index in [0.29, 0.717) is 5.92 Å². The molecular formula is C14H25N3O. The number of likely N-dealkylation sites (N-methyl/N-ethyl adjacent to an activating group) is 1. The summed E-state index contributed by atoms with van der Waals surface area (Å²) >= 11 is 0. The molecule has 1 heterocycles. The van der Waals surface area contributed by atoms with Crippen molar-refractivity contribution in [1.82, 2.24) is 4.90 Å². The number of carbonyl (C=O) groups is 1. The highest BCUT2D eigenvalue weighted by molar-refractivity contribution is 5.87. The summed E-state index contributed by atoms with van der Waals surface area (Å²) in [6.45, 7) is 6.23. The van der Waals surface area contributed by atoms with Crippen LogP contribution in [0, 0.1) is 5.92 Å². The summed E-state index contributed by atoms with van der Waals surface area (Å²) in [4.78, 5) is 18.2. The third-order valence-corrected chi connectivity index (χ3v) is 3.63. The lowest BCUT2D eigenvalue weighted by molar-refractivity contribution is -0.129. The number of carbonyl (C=O) groups excluding carboxylic acids is 1. The summed E-state index contributed by atoms with van der Waals surface area (Å²) in [7, 11) is 1.80. The average Bonchev–Trinajstić information content (AvgIpc) is 2.38. The second-order valence-corrected chi connectivity index (χ2v) is 4.99. The Morgan fingerprint density at radius 3 is 2.83 bits per heavy atom. The van der Waals surface area contributed by atoms with Gasteiger partial charge in [-0.25, -0.2) is 0 Å². The topological polar surface area (TPSA) is 58.7 Å². The molecule has 2 unspecified atom stereocenters. The van der Waals surface area contributed by atoms with E-state index in [-0.39, 0.29) is 5.91 Å². The highest BCUT2D eigenvalue weighted by Gasteiger charge is 2.24. The Balaban J connectivity index is 2.73. The Labute approximate surface area is 110 Å². The molecule has 4 nitrogen and oxygen atoms in total. The molecule has 1 aliphatic heterocycles. The van der Waals surface area contributed by atoms with E-state index in [1.165, 1.54) is 0 Å². The van der Waals surface area contributed by atoms with Crippen LogP contribution >= 0.6 is 0 Å². The maximum absolute atomic E-state index is 12.1. The van der Waals surface area contributed by atoms with Crippen molar-refractivity contribution >= 4 is 11.6 Å². The van der Waals surface area contributed by atoms with E-state index in [1.54, 1.807) is 18.1 Å². The maximum atomic E-state index is 12.1. The molecule has 0 spiro atoms. The van der Waals surface area contributed by atoms with Crippen LogP contribution in [0.15, 0.2) is 16.9 Å². The van der Waals surface area contributed by atoms with E-state index < -0.39 is 6.04 Å². The molecule has 0 aromatic heterocycles. The predicted molar refractivity (Wildman–Crippen MR) is 75.2 cm³/mol. The molecule has 1 rings (SSSR count). The van der Waals surface area contributed by atoms with Gasteiger partial charge in [0.1, 0.15) is 0 Å². The lowest BCUT2D eigenvalue weighted by Gasteiger charge is -2.28. The van der Waals surface area contributed by atoms with E-state index in [4.69, 9.17) is 5.73 Å². The minimum Gasteiger partial charge on any atom is -0.320 e. The van der Waals surface area contributed by atoms with Crippen molar-refractivity contribution in [2.45, 2.75) is 52.5 Å². The Bertz CT molecular complexity index is 360. The van der Waals surface area contributed by atoms with Crippen molar-refractivity contribution < 1.29 is 4.79 Å². The van der Waals surface area contributed by atoms with Crippen molar-refractivity contribution in [3.05, 3.63) is 11.9 Å². The van der Waals surface area contributed by atoms with Gasteiger partial charge in [-0.15, -0.1) is 0 Å². The molecule has 0 saturated carbocycles. The van der Waals surface area contributed by atoms with E-state index in [2.05, 4.69) is 11.9 Å². The molecule has 1 aliphatic rings. The Morgan fingerprint density at radius 2 is 2.28 bits per heavy atom. The summed E-state index contributed by atoms with van der Waals surface area (Å²) < 4.78 is 0. The summed E-state index contributed by atoms with van der Waals surface area (Å²) in [6, 6.07) is -0.395. The fraction of sp³-hybridized carbons (Fsp3) is 0.714. The molecule has 0 aliphatic carbocycles. The first kappa shape index (κ1) is 14.9. The fourth-order valence-electron chi connectivity index (χ4n) is 2.22. The zero-order valence-corrected chi connectivity index (χ0v) is 11.9. The van der Waals surface area contributed by atoms with Gasteiger partial charge in [0.25, 0.3) is 0 Å². The van der Waals surface area contributed by atoms with Gasteiger partial charge in [-0.05, 0) is 26.2 Å². The van der Waals surface area contributed by atoms with Crippen LogP contribution in [-0.4, -0.2) is 29.6 Å². The first-order chi connectivity index (χ1) is 8.51. The molecular weight excluding hydrogens is 226 g/mol. The van der Waals surface area contributed by atoms with Crippen molar-refractivity contribution in [2.24, 2.45) is 16.6 Å². The molecule has 102 valence electrons. The minimum absolute atomic E-state index is 0.00675. The first-order valence-electron chi connectivity index (χ1n) is 6.77. The van der Waals surface area contributed by atoms with Crippen LogP contribution in [0.4, 0.5) is 0 Å². The second kappa shape index (κ2) is 6.69.